The van der Waals surface area contributed by atoms with Crippen molar-refractivity contribution < 1.29 is 37.1 Å². The number of nitrogen functional groups attached to an aromatic ring is 1. The van der Waals surface area contributed by atoms with E-state index in [1.54, 1.807) is 29.2 Å². The van der Waals surface area contributed by atoms with E-state index < -0.39 is 41.1 Å². The van der Waals surface area contributed by atoms with Crippen molar-refractivity contribution in [3.8, 4) is 5.75 Å². The molecule has 3 saturated heterocycles. The molecule has 0 radical (unpaired) electrons. The molecule has 5 N–H and O–H groups in total. The summed E-state index contributed by atoms with van der Waals surface area (Å²) in [4.78, 5) is 59.9. The van der Waals surface area contributed by atoms with Crippen LogP contribution in [-0.4, -0.2) is 75.9 Å². The molecule has 60 heavy (non-hydrogen) atoms. The first-order valence-electron chi connectivity index (χ1n) is 20.0. The van der Waals surface area contributed by atoms with Gasteiger partial charge in [-0.15, -0.1) is 6.58 Å². The highest BCUT2D eigenvalue weighted by atomic mass is 35.5. The number of amides is 4. The zero-order chi connectivity index (χ0) is 42.9. The molecule has 4 heterocycles. The summed E-state index contributed by atoms with van der Waals surface area (Å²) >= 11 is 12.1. The van der Waals surface area contributed by atoms with Crippen LogP contribution in [0.1, 0.15) is 69.4 Å². The van der Waals surface area contributed by atoms with Crippen LogP contribution in [0.4, 0.5) is 41.7 Å². The van der Waals surface area contributed by atoms with Gasteiger partial charge in [-0.25, -0.2) is 4.98 Å². The second-order valence-electron chi connectivity index (χ2n) is 15.6. The zero-order valence-corrected chi connectivity index (χ0v) is 34.5. The summed E-state index contributed by atoms with van der Waals surface area (Å²) in [5.74, 6) is -0.982. The number of carbonyl (C=O) groups excluding carboxylic acids is 4. The molecule has 4 fully saturated rings. The number of aryl methyl sites for hydroxylation is 1. The Balaban J connectivity index is 0.935. The molecule has 18 heteroatoms. The Kier molecular flexibility index (Phi) is 12.4. The smallest absolute Gasteiger partial charge is 0.420 e. The van der Waals surface area contributed by atoms with Crippen LogP contribution >= 0.6 is 23.8 Å². The minimum Gasteiger partial charge on any atom is -0.493 e. The van der Waals surface area contributed by atoms with Gasteiger partial charge >= 0.3 is 6.18 Å². The topological polar surface area (TPSA) is 162 Å². The summed E-state index contributed by atoms with van der Waals surface area (Å²) in [6, 6.07) is 10.2. The quantitative estimate of drug-likeness (QED) is 0.0808. The Morgan fingerprint density at radius 1 is 1.12 bits per heavy atom. The van der Waals surface area contributed by atoms with Crippen LogP contribution in [0, 0.1) is 5.92 Å². The predicted octanol–water partition coefficient (Wildman–Crippen LogP) is 6.85. The van der Waals surface area contributed by atoms with Gasteiger partial charge in [0, 0.05) is 28.5 Å². The summed E-state index contributed by atoms with van der Waals surface area (Å²) < 4.78 is 47.4. The van der Waals surface area contributed by atoms with Gasteiger partial charge in [0.15, 0.2) is 5.11 Å². The van der Waals surface area contributed by atoms with Crippen molar-refractivity contribution in [2.45, 2.75) is 88.5 Å². The lowest BCUT2D eigenvalue weighted by atomic mass is 9.75. The molecule has 1 saturated carbocycles. The maximum atomic E-state index is 13.9. The number of rotatable bonds is 13. The Morgan fingerprint density at radius 3 is 2.50 bits per heavy atom. The molecule has 3 aliphatic heterocycles. The number of likely N-dealkylation sites (tertiary alicyclic amines) is 1. The van der Waals surface area contributed by atoms with Crippen LogP contribution in [0.15, 0.2) is 61.3 Å². The molecule has 4 amide bonds. The number of alkyl halides is 3. The van der Waals surface area contributed by atoms with E-state index in [9.17, 15) is 32.3 Å². The normalized spacial score (nSPS) is 20.2. The molecule has 2 atom stereocenters. The maximum absolute atomic E-state index is 13.9. The molecule has 13 nitrogen and oxygen atoms in total. The fraction of sp³-hybridized carbons (Fsp3) is 0.429. The molecule has 1 spiro atoms. The van der Waals surface area contributed by atoms with E-state index in [1.807, 2.05) is 25.1 Å². The fourth-order valence-electron chi connectivity index (χ4n) is 8.41. The van der Waals surface area contributed by atoms with E-state index in [0.29, 0.717) is 79.1 Å². The fourth-order valence-corrected chi connectivity index (χ4v) is 9.12. The number of nitrogens with zero attached hydrogens (tertiary/aromatic N) is 4. The van der Waals surface area contributed by atoms with Crippen LogP contribution in [0.5, 0.6) is 5.75 Å². The number of halogens is 4. The molecular weight excluding hydrogens is 821 g/mol. The molecule has 0 bridgehead atoms. The van der Waals surface area contributed by atoms with E-state index in [2.05, 4.69) is 32.4 Å². The van der Waals surface area contributed by atoms with E-state index in [1.165, 1.54) is 0 Å². The lowest BCUT2D eigenvalue weighted by molar-refractivity contribution is -0.137. The first-order valence-corrected chi connectivity index (χ1v) is 20.8. The molecule has 1 aromatic heterocycles. The molecular formula is C42H46ClF3N8O5S. The third kappa shape index (κ3) is 8.65. The summed E-state index contributed by atoms with van der Waals surface area (Å²) in [7, 11) is 0. The van der Waals surface area contributed by atoms with Crippen LogP contribution < -0.4 is 36.2 Å². The van der Waals surface area contributed by atoms with E-state index in [0.717, 1.165) is 48.4 Å². The number of ether oxygens (including phenoxy) is 1. The zero-order valence-electron chi connectivity index (χ0n) is 32.9. The molecule has 1 unspecified atom stereocenters. The maximum Gasteiger partial charge on any atom is 0.420 e. The van der Waals surface area contributed by atoms with E-state index >= 15 is 0 Å². The van der Waals surface area contributed by atoms with Gasteiger partial charge < -0.3 is 26.0 Å². The number of benzene rings is 2. The summed E-state index contributed by atoms with van der Waals surface area (Å²) in [5.41, 5.74) is 5.88. The standard InChI is InChI=1S/C42H46ClF3N8O5S/c1-3-25-18-29(54-40(60)53(39(58)41(54)13-5-14-41)30-22-31(42(44,45)46)36(47)48-23-30)6-8-34(25)59-17-12-24-10-15-52(16-11-24)33(4-2)38(57)50-28-20-26(43)19-27(21-28)49-32-7-9-35(55)51-37(32)56/h4,6,8,18-24,32-33,49H,2-3,5,7,9-17H2,1H3,(H2,47,48)(H,50,57)(H,51,55,56)/t32?,33-/m0/s1. The van der Waals surface area contributed by atoms with Crippen molar-refractivity contribution in [3.05, 3.63) is 77.5 Å². The number of carbonyl (C=O) groups is 4. The summed E-state index contributed by atoms with van der Waals surface area (Å²) in [5, 5.41) is 8.79. The number of anilines is 5. The van der Waals surface area contributed by atoms with Gasteiger partial charge in [-0.1, -0.05) is 24.6 Å². The highest BCUT2D eigenvalue weighted by Gasteiger charge is 2.60. The van der Waals surface area contributed by atoms with Crippen LogP contribution in [-0.2, 0) is 31.8 Å². The number of thiocarbonyl (C=S) groups is 1. The number of nitrogens with two attached hydrogens (primary N) is 1. The SMILES string of the molecule is C=C[C@@H](C(=O)Nc1cc(Cl)cc(NC2CCC(=O)NC2=O)c1)N1CCC(CCOc2ccc(N3C(=S)N(c4cnc(N)c(C(F)(F)F)c4)C(=O)C34CCC4)cc2CC)CC1. The molecule has 4 aliphatic rings. The van der Waals surface area contributed by atoms with E-state index in [4.69, 9.17) is 34.3 Å². The highest BCUT2D eigenvalue weighted by molar-refractivity contribution is 7.81. The highest BCUT2D eigenvalue weighted by Crippen LogP contribution is 2.49. The summed E-state index contributed by atoms with van der Waals surface area (Å²) in [6.45, 7) is 7.75. The van der Waals surface area contributed by atoms with Crippen molar-refractivity contribution in [1.82, 2.24) is 15.2 Å². The third-order valence-electron chi connectivity index (χ3n) is 11.8. The first kappa shape index (κ1) is 42.8. The number of aromatic nitrogens is 1. The second kappa shape index (κ2) is 17.4. The lowest BCUT2D eigenvalue weighted by Crippen LogP contribution is -2.55. The second-order valence-corrected chi connectivity index (χ2v) is 16.4. The number of hydrogen-bond acceptors (Lipinski definition) is 10. The predicted molar refractivity (Wildman–Crippen MR) is 227 cm³/mol. The average molecular weight is 867 g/mol. The largest absolute Gasteiger partial charge is 0.493 e. The van der Waals surface area contributed by atoms with Crippen molar-refractivity contribution in [2.75, 3.05) is 45.9 Å². The van der Waals surface area contributed by atoms with Gasteiger partial charge in [0.2, 0.25) is 17.7 Å². The minimum absolute atomic E-state index is 0.0792. The van der Waals surface area contributed by atoms with Gasteiger partial charge in [-0.3, -0.25) is 34.3 Å². The van der Waals surface area contributed by atoms with Gasteiger partial charge in [0.05, 0.1) is 24.1 Å². The van der Waals surface area contributed by atoms with Crippen molar-refractivity contribution in [1.29, 1.82) is 0 Å². The molecule has 3 aromatic rings. The van der Waals surface area contributed by atoms with Gasteiger partial charge in [-0.05, 0) is 131 Å². The average Bonchev–Trinajstić information content (AvgIpc) is 3.42. The van der Waals surface area contributed by atoms with Crippen LogP contribution in [0.3, 0.4) is 0 Å². The number of hydrogen-bond donors (Lipinski definition) is 4. The van der Waals surface area contributed by atoms with Gasteiger partial charge in [-0.2, -0.15) is 13.2 Å². The van der Waals surface area contributed by atoms with Crippen LogP contribution in [0.2, 0.25) is 5.02 Å². The molecule has 1 aliphatic carbocycles. The number of nitrogens with one attached hydrogen (secondary N) is 3. The Labute approximate surface area is 355 Å². The van der Waals surface area contributed by atoms with Crippen molar-refractivity contribution >= 4 is 81.1 Å². The monoisotopic (exact) mass is 866 g/mol. The number of piperidine rings is 2. The number of pyridine rings is 1. The Bertz CT molecular complexity index is 2210. The van der Waals surface area contributed by atoms with E-state index in [-0.39, 0.29) is 34.9 Å². The molecule has 7 rings (SSSR count). The molecule has 2 aromatic carbocycles. The first-order chi connectivity index (χ1) is 28.6. The van der Waals surface area contributed by atoms with Crippen molar-refractivity contribution in [3.63, 3.8) is 0 Å². The number of imide groups is 1. The summed E-state index contributed by atoms with van der Waals surface area (Å²) in [6.07, 6.45) is 3.48. The van der Waals surface area contributed by atoms with Gasteiger partial charge in [0.25, 0.3) is 5.91 Å². The minimum atomic E-state index is -4.75. The van der Waals surface area contributed by atoms with Crippen LogP contribution in [0.25, 0.3) is 0 Å². The Morgan fingerprint density at radius 2 is 1.85 bits per heavy atom. The molecule has 318 valence electrons. The van der Waals surface area contributed by atoms with Crippen molar-refractivity contribution in [2.24, 2.45) is 5.92 Å². The lowest BCUT2D eigenvalue weighted by Gasteiger charge is -2.43. The third-order valence-corrected chi connectivity index (χ3v) is 12.4. The Hall–Kier alpha value is -5.26. The van der Waals surface area contributed by atoms with Gasteiger partial charge in [0.1, 0.15) is 29.2 Å².